The van der Waals surface area contributed by atoms with Crippen LogP contribution in [0.1, 0.15) is 19.0 Å². The molecule has 0 spiro atoms. The summed E-state index contributed by atoms with van der Waals surface area (Å²) in [7, 11) is 0. The normalized spacial score (nSPS) is 12.0. The standard InChI is InChI=1S/C15H17N3/c1-3-13(4-2)16-12-14-10-11-18(17-14)15-8-6-5-7-9-15/h1,5-11,13,16H,4,12H2,2H3. The van der Waals surface area contributed by atoms with Gasteiger partial charge in [-0.05, 0) is 24.6 Å². The van der Waals surface area contributed by atoms with Crippen LogP contribution in [0.5, 0.6) is 0 Å². The van der Waals surface area contributed by atoms with Gasteiger partial charge >= 0.3 is 0 Å². The molecule has 1 N–H and O–H groups in total. The number of nitrogens with zero attached hydrogens (tertiary/aromatic N) is 2. The number of nitrogens with one attached hydrogen (secondary N) is 1. The van der Waals surface area contributed by atoms with Gasteiger partial charge in [0, 0.05) is 12.7 Å². The second-order valence-corrected chi connectivity index (χ2v) is 4.10. The Bertz CT molecular complexity index is 522. The van der Waals surface area contributed by atoms with Gasteiger partial charge in [-0.3, -0.25) is 5.32 Å². The summed E-state index contributed by atoms with van der Waals surface area (Å²) in [6.45, 7) is 2.77. The van der Waals surface area contributed by atoms with Crippen LogP contribution in [0.25, 0.3) is 5.69 Å². The third-order valence-corrected chi connectivity index (χ3v) is 2.80. The number of terminal acetylenes is 1. The zero-order chi connectivity index (χ0) is 12.8. The van der Waals surface area contributed by atoms with Crippen LogP contribution in [0.15, 0.2) is 42.6 Å². The van der Waals surface area contributed by atoms with E-state index in [1.54, 1.807) is 0 Å². The summed E-state index contributed by atoms with van der Waals surface area (Å²) in [5.74, 6) is 2.71. The maximum Gasteiger partial charge on any atom is 0.0767 e. The van der Waals surface area contributed by atoms with Crippen LogP contribution in [-0.2, 0) is 6.54 Å². The quantitative estimate of drug-likeness (QED) is 0.812. The molecule has 3 nitrogen and oxygen atoms in total. The molecule has 3 heteroatoms. The molecule has 0 aliphatic rings. The van der Waals surface area contributed by atoms with Gasteiger partial charge in [0.15, 0.2) is 0 Å². The number of hydrogen-bond donors (Lipinski definition) is 1. The average Bonchev–Trinajstić information content (AvgIpc) is 2.90. The summed E-state index contributed by atoms with van der Waals surface area (Å²) >= 11 is 0. The lowest BCUT2D eigenvalue weighted by Gasteiger charge is -2.08. The molecule has 1 atom stereocenters. The monoisotopic (exact) mass is 239 g/mol. The molecule has 0 saturated heterocycles. The minimum Gasteiger partial charge on any atom is -0.298 e. The highest BCUT2D eigenvalue weighted by molar-refractivity contribution is 5.30. The van der Waals surface area contributed by atoms with E-state index >= 15 is 0 Å². The predicted octanol–water partition coefficient (Wildman–Crippen LogP) is 2.37. The van der Waals surface area contributed by atoms with Crippen LogP contribution in [0.2, 0.25) is 0 Å². The minimum atomic E-state index is 0.117. The first-order valence-corrected chi connectivity index (χ1v) is 6.13. The molecule has 0 amide bonds. The molecular formula is C15H17N3. The Morgan fingerprint density at radius 1 is 1.33 bits per heavy atom. The largest absolute Gasteiger partial charge is 0.298 e. The molecule has 0 bridgehead atoms. The van der Waals surface area contributed by atoms with Crippen molar-refractivity contribution in [2.75, 3.05) is 0 Å². The van der Waals surface area contributed by atoms with Crippen LogP contribution in [0.3, 0.4) is 0 Å². The van der Waals surface area contributed by atoms with Crippen molar-refractivity contribution in [3.63, 3.8) is 0 Å². The zero-order valence-corrected chi connectivity index (χ0v) is 10.5. The molecule has 1 aromatic carbocycles. The molecule has 18 heavy (non-hydrogen) atoms. The molecule has 92 valence electrons. The van der Waals surface area contributed by atoms with Crippen molar-refractivity contribution in [3.05, 3.63) is 48.3 Å². The number of aromatic nitrogens is 2. The van der Waals surface area contributed by atoms with Crippen molar-refractivity contribution in [2.45, 2.75) is 25.9 Å². The van der Waals surface area contributed by atoms with E-state index in [1.165, 1.54) is 0 Å². The lowest BCUT2D eigenvalue weighted by molar-refractivity contribution is 0.582. The van der Waals surface area contributed by atoms with Gasteiger partial charge in [-0.15, -0.1) is 6.42 Å². The molecule has 1 aromatic heterocycles. The van der Waals surface area contributed by atoms with Gasteiger partial charge in [-0.2, -0.15) is 5.10 Å². The zero-order valence-electron chi connectivity index (χ0n) is 10.5. The second kappa shape index (κ2) is 6.04. The maximum absolute atomic E-state index is 5.41. The molecule has 0 fully saturated rings. The molecule has 0 aliphatic carbocycles. The van der Waals surface area contributed by atoms with Gasteiger partial charge in [0.2, 0.25) is 0 Å². The molecule has 0 saturated carbocycles. The maximum atomic E-state index is 5.41. The molecule has 2 aromatic rings. The fourth-order valence-electron chi connectivity index (χ4n) is 1.73. The Labute approximate surface area is 108 Å². The fraction of sp³-hybridized carbons (Fsp3) is 0.267. The van der Waals surface area contributed by atoms with Gasteiger partial charge < -0.3 is 0 Å². The van der Waals surface area contributed by atoms with E-state index in [2.05, 4.69) is 23.3 Å². The van der Waals surface area contributed by atoms with E-state index in [0.29, 0.717) is 6.54 Å². The fourth-order valence-corrected chi connectivity index (χ4v) is 1.73. The molecule has 1 heterocycles. The van der Waals surface area contributed by atoms with E-state index in [0.717, 1.165) is 17.8 Å². The Hall–Kier alpha value is -2.05. The molecule has 1 unspecified atom stereocenters. The summed E-state index contributed by atoms with van der Waals surface area (Å²) in [5.41, 5.74) is 2.06. The van der Waals surface area contributed by atoms with Gasteiger partial charge in [0.1, 0.15) is 0 Å². The van der Waals surface area contributed by atoms with Gasteiger partial charge in [-0.25, -0.2) is 4.68 Å². The van der Waals surface area contributed by atoms with Crippen LogP contribution in [0.4, 0.5) is 0 Å². The number of benzene rings is 1. The number of hydrogen-bond acceptors (Lipinski definition) is 2. The molecule has 2 rings (SSSR count). The van der Waals surface area contributed by atoms with Gasteiger partial charge in [-0.1, -0.05) is 31.0 Å². The van der Waals surface area contributed by atoms with Crippen LogP contribution < -0.4 is 5.32 Å². The summed E-state index contributed by atoms with van der Waals surface area (Å²) < 4.78 is 1.87. The van der Waals surface area contributed by atoms with Crippen molar-refractivity contribution in [2.24, 2.45) is 0 Å². The third-order valence-electron chi connectivity index (χ3n) is 2.80. The van der Waals surface area contributed by atoms with E-state index in [4.69, 9.17) is 6.42 Å². The van der Waals surface area contributed by atoms with Gasteiger partial charge in [0.25, 0.3) is 0 Å². The van der Waals surface area contributed by atoms with Gasteiger partial charge in [0.05, 0.1) is 17.4 Å². The lowest BCUT2D eigenvalue weighted by Crippen LogP contribution is -2.26. The Morgan fingerprint density at radius 3 is 2.78 bits per heavy atom. The summed E-state index contributed by atoms with van der Waals surface area (Å²) in [5, 5.41) is 7.79. The van der Waals surface area contributed by atoms with Crippen molar-refractivity contribution in [1.29, 1.82) is 0 Å². The molecule has 0 aliphatic heterocycles. The van der Waals surface area contributed by atoms with Crippen LogP contribution in [-0.4, -0.2) is 15.8 Å². The predicted molar refractivity (Wildman–Crippen MR) is 73.3 cm³/mol. The van der Waals surface area contributed by atoms with Crippen molar-refractivity contribution < 1.29 is 0 Å². The Morgan fingerprint density at radius 2 is 2.11 bits per heavy atom. The number of para-hydroxylation sites is 1. The minimum absolute atomic E-state index is 0.117. The first-order chi connectivity index (χ1) is 8.83. The highest BCUT2D eigenvalue weighted by Gasteiger charge is 2.04. The topological polar surface area (TPSA) is 29.9 Å². The molecule has 0 radical (unpaired) electrons. The highest BCUT2D eigenvalue weighted by atomic mass is 15.3. The first-order valence-electron chi connectivity index (χ1n) is 6.13. The first kappa shape index (κ1) is 12.4. The molecular weight excluding hydrogens is 222 g/mol. The van der Waals surface area contributed by atoms with E-state index in [1.807, 2.05) is 47.3 Å². The average molecular weight is 239 g/mol. The summed E-state index contributed by atoms with van der Waals surface area (Å²) in [6.07, 6.45) is 8.29. The van der Waals surface area contributed by atoms with Crippen LogP contribution >= 0.6 is 0 Å². The second-order valence-electron chi connectivity index (χ2n) is 4.10. The smallest absolute Gasteiger partial charge is 0.0767 e. The summed E-state index contributed by atoms with van der Waals surface area (Å²) in [4.78, 5) is 0. The van der Waals surface area contributed by atoms with Crippen molar-refractivity contribution in [3.8, 4) is 18.0 Å². The van der Waals surface area contributed by atoms with Crippen molar-refractivity contribution in [1.82, 2.24) is 15.1 Å². The summed E-state index contributed by atoms with van der Waals surface area (Å²) in [6, 6.07) is 12.2. The number of rotatable bonds is 5. The lowest BCUT2D eigenvalue weighted by atomic mass is 10.2. The van der Waals surface area contributed by atoms with Crippen LogP contribution in [0, 0.1) is 12.3 Å². The highest BCUT2D eigenvalue weighted by Crippen LogP contribution is 2.06. The third kappa shape index (κ3) is 2.99. The van der Waals surface area contributed by atoms with E-state index < -0.39 is 0 Å². The van der Waals surface area contributed by atoms with E-state index in [-0.39, 0.29) is 6.04 Å². The van der Waals surface area contributed by atoms with E-state index in [9.17, 15) is 0 Å². The van der Waals surface area contributed by atoms with Crippen molar-refractivity contribution >= 4 is 0 Å². The SMILES string of the molecule is C#CC(CC)NCc1ccn(-c2ccccc2)n1. The Balaban J connectivity index is 2.01. The Kier molecular flexibility index (Phi) is 4.16.